The number of nitrogens with zero attached hydrogens (tertiary/aromatic N) is 1. The van der Waals surface area contributed by atoms with Crippen LogP contribution >= 0.6 is 0 Å². The van der Waals surface area contributed by atoms with E-state index < -0.39 is 33.6 Å². The Labute approximate surface area is 180 Å². The molecule has 1 heterocycles. The number of ether oxygens (including phenoxy) is 1. The van der Waals surface area contributed by atoms with E-state index in [2.05, 4.69) is 4.72 Å². The zero-order valence-electron chi connectivity index (χ0n) is 17.7. The van der Waals surface area contributed by atoms with Gasteiger partial charge in [-0.3, -0.25) is 9.59 Å². The van der Waals surface area contributed by atoms with E-state index in [1.165, 1.54) is 26.0 Å². The SMILES string of the molecule is CCOC(=O)C(C)(C)NS(=O)(=O)c1ccc(CC2CCN(C(=O)C(F)(F)F)CC2)cc1. The van der Waals surface area contributed by atoms with Gasteiger partial charge in [0.15, 0.2) is 0 Å². The van der Waals surface area contributed by atoms with Gasteiger partial charge < -0.3 is 9.64 Å². The number of sulfonamides is 1. The van der Waals surface area contributed by atoms with Gasteiger partial charge in [0.05, 0.1) is 11.5 Å². The first kappa shape index (κ1) is 25.1. The normalized spacial score (nSPS) is 16.3. The van der Waals surface area contributed by atoms with Crippen LogP contribution in [0.5, 0.6) is 0 Å². The maximum atomic E-state index is 12.6. The molecule has 1 aliphatic heterocycles. The second kappa shape index (κ2) is 9.56. The van der Waals surface area contributed by atoms with Crippen molar-refractivity contribution in [3.63, 3.8) is 0 Å². The van der Waals surface area contributed by atoms with Crippen molar-refractivity contribution in [1.82, 2.24) is 9.62 Å². The molecule has 1 fully saturated rings. The van der Waals surface area contributed by atoms with Gasteiger partial charge >= 0.3 is 18.1 Å². The lowest BCUT2D eigenvalue weighted by Gasteiger charge is -2.32. The summed E-state index contributed by atoms with van der Waals surface area (Å²) in [5, 5.41) is 0. The summed E-state index contributed by atoms with van der Waals surface area (Å²) >= 11 is 0. The van der Waals surface area contributed by atoms with Crippen LogP contribution in [-0.4, -0.2) is 56.6 Å². The highest BCUT2D eigenvalue weighted by Crippen LogP contribution is 2.26. The van der Waals surface area contributed by atoms with E-state index in [-0.39, 0.29) is 30.5 Å². The number of amides is 1. The largest absolute Gasteiger partial charge is 0.471 e. The molecule has 0 spiro atoms. The molecule has 1 saturated heterocycles. The van der Waals surface area contributed by atoms with Crippen molar-refractivity contribution in [3.05, 3.63) is 29.8 Å². The number of carbonyl (C=O) groups is 2. The van der Waals surface area contributed by atoms with Crippen molar-refractivity contribution in [2.75, 3.05) is 19.7 Å². The topological polar surface area (TPSA) is 92.8 Å². The lowest BCUT2D eigenvalue weighted by molar-refractivity contribution is -0.186. The van der Waals surface area contributed by atoms with Gasteiger partial charge in [-0.05, 0) is 63.6 Å². The van der Waals surface area contributed by atoms with Gasteiger partial charge in [-0.15, -0.1) is 0 Å². The van der Waals surface area contributed by atoms with E-state index in [4.69, 9.17) is 4.74 Å². The van der Waals surface area contributed by atoms with Gasteiger partial charge in [0, 0.05) is 13.1 Å². The fourth-order valence-corrected chi connectivity index (χ4v) is 4.77. The Hall–Kier alpha value is -2.14. The van der Waals surface area contributed by atoms with Crippen molar-refractivity contribution >= 4 is 21.9 Å². The Morgan fingerprint density at radius 3 is 2.16 bits per heavy atom. The number of piperidine rings is 1. The first-order chi connectivity index (χ1) is 14.3. The van der Waals surface area contributed by atoms with Gasteiger partial charge in [0.25, 0.3) is 0 Å². The number of hydrogen-bond donors (Lipinski definition) is 1. The van der Waals surface area contributed by atoms with Crippen LogP contribution in [0.4, 0.5) is 13.2 Å². The predicted octanol–water partition coefficient (Wildman–Crippen LogP) is 2.65. The molecule has 1 N–H and O–H groups in total. The fourth-order valence-electron chi connectivity index (χ4n) is 3.41. The van der Waals surface area contributed by atoms with E-state index >= 15 is 0 Å². The summed E-state index contributed by atoms with van der Waals surface area (Å²) in [5.41, 5.74) is -0.598. The molecule has 2 rings (SSSR count). The Bertz CT molecular complexity index is 890. The van der Waals surface area contributed by atoms with Gasteiger partial charge in [0.1, 0.15) is 5.54 Å². The summed E-state index contributed by atoms with van der Waals surface area (Å²) in [5.74, 6) is -2.40. The molecule has 0 atom stereocenters. The highest BCUT2D eigenvalue weighted by Gasteiger charge is 2.43. The van der Waals surface area contributed by atoms with Crippen LogP contribution in [0.3, 0.4) is 0 Å². The third kappa shape index (κ3) is 6.67. The summed E-state index contributed by atoms with van der Waals surface area (Å²) in [6.45, 7) is 4.66. The molecule has 31 heavy (non-hydrogen) atoms. The first-order valence-corrected chi connectivity index (χ1v) is 11.4. The van der Waals surface area contributed by atoms with Crippen LogP contribution in [0.1, 0.15) is 39.2 Å². The highest BCUT2D eigenvalue weighted by atomic mass is 32.2. The quantitative estimate of drug-likeness (QED) is 0.627. The molecule has 7 nitrogen and oxygen atoms in total. The lowest BCUT2D eigenvalue weighted by atomic mass is 9.90. The molecule has 1 aromatic rings. The van der Waals surface area contributed by atoms with Gasteiger partial charge in [0.2, 0.25) is 10.0 Å². The number of hydrogen-bond acceptors (Lipinski definition) is 5. The maximum Gasteiger partial charge on any atom is 0.471 e. The Balaban J connectivity index is 1.97. The smallest absolute Gasteiger partial charge is 0.465 e. The number of alkyl halides is 3. The van der Waals surface area contributed by atoms with Crippen LogP contribution < -0.4 is 4.72 Å². The molecule has 174 valence electrons. The summed E-state index contributed by atoms with van der Waals surface area (Å²) < 4.78 is 70.0. The van der Waals surface area contributed by atoms with Gasteiger partial charge in [-0.2, -0.15) is 17.9 Å². The van der Waals surface area contributed by atoms with Gasteiger partial charge in [-0.1, -0.05) is 12.1 Å². The zero-order chi connectivity index (χ0) is 23.4. The number of esters is 1. The van der Waals surface area contributed by atoms with E-state index in [0.29, 0.717) is 19.3 Å². The Morgan fingerprint density at radius 1 is 1.13 bits per heavy atom. The van der Waals surface area contributed by atoms with Crippen molar-refractivity contribution in [1.29, 1.82) is 0 Å². The fraction of sp³-hybridized carbons (Fsp3) is 0.600. The van der Waals surface area contributed by atoms with Crippen molar-refractivity contribution < 1.29 is 35.9 Å². The summed E-state index contributed by atoms with van der Waals surface area (Å²) in [7, 11) is -3.96. The molecule has 0 radical (unpaired) electrons. The van der Waals surface area contributed by atoms with Crippen LogP contribution in [-0.2, 0) is 30.8 Å². The predicted molar refractivity (Wildman–Crippen MR) is 107 cm³/mol. The van der Waals surface area contributed by atoms with Crippen molar-refractivity contribution in [2.24, 2.45) is 5.92 Å². The molecule has 1 aliphatic rings. The molecular formula is C20H27F3N2O5S. The number of halogens is 3. The average molecular weight is 465 g/mol. The van der Waals surface area contributed by atoms with Crippen LogP contribution in [0.25, 0.3) is 0 Å². The van der Waals surface area contributed by atoms with E-state index in [1.54, 1.807) is 19.1 Å². The maximum absolute atomic E-state index is 12.6. The minimum Gasteiger partial charge on any atom is -0.465 e. The Morgan fingerprint density at radius 2 is 1.68 bits per heavy atom. The summed E-state index contributed by atoms with van der Waals surface area (Å²) in [6, 6.07) is 6.11. The second-order valence-electron chi connectivity index (χ2n) is 8.03. The molecule has 1 aromatic carbocycles. The molecule has 1 amide bonds. The molecule has 0 saturated carbocycles. The molecule has 0 aliphatic carbocycles. The van der Waals surface area contributed by atoms with E-state index in [9.17, 15) is 31.2 Å². The number of carbonyl (C=O) groups excluding carboxylic acids is 2. The van der Waals surface area contributed by atoms with E-state index in [0.717, 1.165) is 10.5 Å². The van der Waals surface area contributed by atoms with Crippen LogP contribution in [0.2, 0.25) is 0 Å². The minimum absolute atomic E-state index is 0.0146. The lowest BCUT2D eigenvalue weighted by Crippen LogP contribution is -2.50. The van der Waals surface area contributed by atoms with Crippen LogP contribution in [0, 0.1) is 5.92 Å². The molecular weight excluding hydrogens is 437 g/mol. The summed E-state index contributed by atoms with van der Waals surface area (Å²) in [6.07, 6.45) is -3.41. The third-order valence-corrected chi connectivity index (χ3v) is 6.75. The standard InChI is InChI=1S/C20H27F3N2O5S/c1-4-30-18(27)19(2,3)24-31(28,29)16-7-5-14(6-8-16)13-15-9-11-25(12-10-15)17(26)20(21,22)23/h5-8,15,24H,4,9-13H2,1-3H3. The van der Waals surface area contributed by atoms with Crippen LogP contribution in [0.15, 0.2) is 29.2 Å². The number of benzene rings is 1. The summed E-state index contributed by atoms with van der Waals surface area (Å²) in [4.78, 5) is 24.0. The first-order valence-electron chi connectivity index (χ1n) is 9.92. The highest BCUT2D eigenvalue weighted by molar-refractivity contribution is 7.89. The molecule has 0 bridgehead atoms. The monoisotopic (exact) mass is 464 g/mol. The minimum atomic E-state index is -4.86. The number of rotatable bonds is 7. The molecule has 11 heteroatoms. The van der Waals surface area contributed by atoms with Crippen molar-refractivity contribution in [3.8, 4) is 0 Å². The third-order valence-electron chi connectivity index (χ3n) is 5.08. The molecule has 0 unspecified atom stereocenters. The second-order valence-corrected chi connectivity index (χ2v) is 9.71. The average Bonchev–Trinajstić information content (AvgIpc) is 2.67. The van der Waals surface area contributed by atoms with E-state index in [1.807, 2.05) is 0 Å². The number of likely N-dealkylation sites (tertiary alicyclic amines) is 1. The van der Waals surface area contributed by atoms with Crippen molar-refractivity contribution in [2.45, 2.75) is 56.6 Å². The van der Waals surface area contributed by atoms with Gasteiger partial charge in [-0.25, -0.2) is 8.42 Å². The molecule has 0 aromatic heterocycles. The Kier molecular flexibility index (Phi) is 7.75. The zero-order valence-corrected chi connectivity index (χ0v) is 18.5. The number of nitrogens with one attached hydrogen (secondary N) is 1.